The highest BCUT2D eigenvalue weighted by Gasteiger charge is 2.33. The first-order valence-electron chi connectivity index (χ1n) is 6.19. The number of thiazole rings is 1. The van der Waals surface area contributed by atoms with Crippen molar-refractivity contribution < 1.29 is 14.6 Å². The Bertz CT molecular complexity index is 462. The van der Waals surface area contributed by atoms with E-state index in [0.29, 0.717) is 30.2 Å². The number of methoxy groups -OCH3 is 1. The first-order valence-corrected chi connectivity index (χ1v) is 7.39. The Morgan fingerprint density at radius 3 is 2.84 bits per heavy atom. The molecule has 1 aliphatic carbocycles. The quantitative estimate of drug-likeness (QED) is 0.839. The van der Waals surface area contributed by atoms with Gasteiger partial charge >= 0.3 is 5.97 Å². The van der Waals surface area contributed by atoms with E-state index in [9.17, 15) is 4.79 Å². The Kier molecular flexibility index (Phi) is 4.65. The number of nitrogens with zero attached hydrogens (tertiary/aromatic N) is 2. The predicted octanol–water partition coefficient (Wildman–Crippen LogP) is 2.75. The predicted molar refractivity (Wildman–Crippen MR) is 75.5 cm³/mol. The summed E-state index contributed by atoms with van der Waals surface area (Å²) < 4.78 is 5.11. The summed E-state index contributed by atoms with van der Waals surface area (Å²) in [5, 5.41) is 9.77. The first kappa shape index (κ1) is 14.6. The van der Waals surface area contributed by atoms with Crippen LogP contribution < -0.4 is 4.90 Å². The summed E-state index contributed by atoms with van der Waals surface area (Å²) >= 11 is 7.01. The van der Waals surface area contributed by atoms with Crippen LogP contribution in [-0.4, -0.2) is 42.4 Å². The molecule has 5 nitrogen and oxygen atoms in total. The van der Waals surface area contributed by atoms with Crippen LogP contribution >= 0.6 is 22.9 Å². The lowest BCUT2D eigenvalue weighted by molar-refractivity contribution is 0.0702. The summed E-state index contributed by atoms with van der Waals surface area (Å²) in [6, 6.07) is 0.332. The smallest absolute Gasteiger partial charge is 0.349 e. The molecule has 0 radical (unpaired) electrons. The largest absolute Gasteiger partial charge is 0.477 e. The van der Waals surface area contributed by atoms with Gasteiger partial charge in [-0.25, -0.2) is 9.78 Å². The van der Waals surface area contributed by atoms with Gasteiger partial charge in [-0.2, -0.15) is 0 Å². The molecule has 0 bridgehead atoms. The lowest BCUT2D eigenvalue weighted by Gasteiger charge is -2.28. The van der Waals surface area contributed by atoms with E-state index in [1.54, 1.807) is 7.11 Å². The van der Waals surface area contributed by atoms with E-state index in [1.807, 2.05) is 0 Å². The average molecular weight is 305 g/mol. The minimum Gasteiger partial charge on any atom is -0.477 e. The third-order valence-electron chi connectivity index (χ3n) is 3.35. The van der Waals surface area contributed by atoms with E-state index < -0.39 is 5.97 Å². The number of aromatic nitrogens is 1. The SMILES string of the molecule is COCCN(c1nc(Cl)c(C(=O)O)s1)C(C)C1CC1. The van der Waals surface area contributed by atoms with Crippen LogP contribution in [0.2, 0.25) is 5.15 Å². The van der Waals surface area contributed by atoms with Gasteiger partial charge in [0.15, 0.2) is 15.2 Å². The maximum atomic E-state index is 11.0. The molecule has 1 N–H and O–H groups in total. The third-order valence-corrected chi connectivity index (χ3v) is 4.81. The van der Waals surface area contributed by atoms with Gasteiger partial charge in [0.2, 0.25) is 0 Å². The maximum Gasteiger partial charge on any atom is 0.349 e. The Balaban J connectivity index is 2.21. The number of carboxylic acids is 1. The molecule has 7 heteroatoms. The highest BCUT2D eigenvalue weighted by Crippen LogP contribution is 2.39. The van der Waals surface area contributed by atoms with Crippen LogP contribution in [0.15, 0.2) is 0 Å². The van der Waals surface area contributed by atoms with Gasteiger partial charge in [0.1, 0.15) is 0 Å². The van der Waals surface area contributed by atoms with Gasteiger partial charge in [-0.05, 0) is 25.7 Å². The molecule has 1 saturated carbocycles. The number of ether oxygens (including phenoxy) is 1. The Labute approximate surface area is 121 Å². The molecule has 2 rings (SSSR count). The topological polar surface area (TPSA) is 62.7 Å². The zero-order valence-electron chi connectivity index (χ0n) is 10.9. The Hall–Kier alpha value is -0.850. The zero-order chi connectivity index (χ0) is 14.0. The molecule has 1 aliphatic rings. The van der Waals surface area contributed by atoms with Crippen LogP contribution in [0.5, 0.6) is 0 Å². The molecule has 0 saturated heterocycles. The number of rotatable bonds is 7. The highest BCUT2D eigenvalue weighted by molar-refractivity contribution is 7.18. The van der Waals surface area contributed by atoms with Gasteiger partial charge in [-0.3, -0.25) is 0 Å². The van der Waals surface area contributed by atoms with E-state index in [2.05, 4.69) is 16.8 Å². The molecule has 19 heavy (non-hydrogen) atoms. The van der Waals surface area contributed by atoms with Crippen molar-refractivity contribution in [1.29, 1.82) is 0 Å². The molecule has 1 fully saturated rings. The molecule has 0 spiro atoms. The number of carboxylic acid groups (broad SMARTS) is 1. The lowest BCUT2D eigenvalue weighted by atomic mass is 10.2. The summed E-state index contributed by atoms with van der Waals surface area (Å²) in [6.45, 7) is 3.41. The van der Waals surface area contributed by atoms with Crippen LogP contribution in [0.25, 0.3) is 0 Å². The number of aromatic carboxylic acids is 1. The fourth-order valence-electron chi connectivity index (χ4n) is 2.04. The van der Waals surface area contributed by atoms with Crippen LogP contribution in [0, 0.1) is 5.92 Å². The van der Waals surface area contributed by atoms with Gasteiger partial charge in [-0.15, -0.1) is 0 Å². The number of carbonyl (C=O) groups is 1. The molecule has 0 amide bonds. The summed E-state index contributed by atoms with van der Waals surface area (Å²) in [7, 11) is 1.65. The molecule has 0 aliphatic heterocycles. The second-order valence-corrected chi connectivity index (χ2v) is 6.02. The molecule has 1 aromatic rings. The van der Waals surface area contributed by atoms with Gasteiger partial charge in [0.25, 0.3) is 0 Å². The standard InChI is InChI=1S/C12H17ClN2O3S/c1-7(8-3-4-8)15(5-6-18-2)12-14-10(13)9(19-12)11(16)17/h7-8H,3-6H2,1-2H3,(H,16,17). The normalized spacial score (nSPS) is 16.4. The molecule has 1 atom stereocenters. The van der Waals surface area contributed by atoms with Crippen molar-refractivity contribution in [2.24, 2.45) is 5.92 Å². The van der Waals surface area contributed by atoms with Crippen molar-refractivity contribution in [3.63, 3.8) is 0 Å². The summed E-state index contributed by atoms with van der Waals surface area (Å²) in [4.78, 5) is 17.4. The minimum atomic E-state index is -1.03. The van der Waals surface area contributed by atoms with Crippen molar-refractivity contribution in [3.8, 4) is 0 Å². The molecular weight excluding hydrogens is 288 g/mol. The molecule has 1 heterocycles. The zero-order valence-corrected chi connectivity index (χ0v) is 12.5. The number of anilines is 1. The minimum absolute atomic E-state index is 0.0675. The maximum absolute atomic E-state index is 11.0. The van der Waals surface area contributed by atoms with Crippen molar-refractivity contribution in [3.05, 3.63) is 10.0 Å². The number of hydrogen-bond acceptors (Lipinski definition) is 5. The van der Waals surface area contributed by atoms with Gasteiger partial charge < -0.3 is 14.7 Å². The van der Waals surface area contributed by atoms with E-state index in [0.717, 1.165) is 11.3 Å². The van der Waals surface area contributed by atoms with Crippen LogP contribution in [0.3, 0.4) is 0 Å². The second kappa shape index (κ2) is 6.07. The van der Waals surface area contributed by atoms with E-state index >= 15 is 0 Å². The summed E-state index contributed by atoms with van der Waals surface area (Å²) in [6.07, 6.45) is 2.44. The molecular formula is C12H17ClN2O3S. The van der Waals surface area contributed by atoms with Gasteiger partial charge in [0.05, 0.1) is 6.61 Å². The van der Waals surface area contributed by atoms with Gasteiger partial charge in [0, 0.05) is 19.7 Å². The van der Waals surface area contributed by atoms with Crippen LogP contribution in [0.1, 0.15) is 29.4 Å². The first-order chi connectivity index (χ1) is 9.04. The fraction of sp³-hybridized carbons (Fsp3) is 0.667. The highest BCUT2D eigenvalue weighted by atomic mass is 35.5. The van der Waals surface area contributed by atoms with E-state index in [4.69, 9.17) is 21.4 Å². The molecule has 106 valence electrons. The summed E-state index contributed by atoms with van der Waals surface area (Å²) in [5.74, 6) is -0.368. The average Bonchev–Trinajstić information content (AvgIpc) is 3.13. The van der Waals surface area contributed by atoms with E-state index in [1.165, 1.54) is 12.8 Å². The number of halogens is 1. The summed E-state index contributed by atoms with van der Waals surface area (Å²) in [5.41, 5.74) is 0. The Morgan fingerprint density at radius 2 is 2.37 bits per heavy atom. The molecule has 1 unspecified atom stereocenters. The van der Waals surface area contributed by atoms with Crippen LogP contribution in [-0.2, 0) is 4.74 Å². The number of hydrogen-bond donors (Lipinski definition) is 1. The molecule has 1 aromatic heterocycles. The van der Waals surface area contributed by atoms with E-state index in [-0.39, 0.29) is 10.0 Å². The second-order valence-electron chi connectivity index (χ2n) is 4.69. The molecule has 0 aromatic carbocycles. The van der Waals surface area contributed by atoms with Gasteiger partial charge in [-0.1, -0.05) is 22.9 Å². The third kappa shape index (κ3) is 3.38. The monoisotopic (exact) mass is 304 g/mol. The fourth-order valence-corrected chi connectivity index (χ4v) is 3.28. The van der Waals surface area contributed by atoms with Crippen molar-refractivity contribution in [1.82, 2.24) is 4.98 Å². The Morgan fingerprint density at radius 1 is 1.68 bits per heavy atom. The lowest BCUT2D eigenvalue weighted by Crippen LogP contribution is -2.37. The van der Waals surface area contributed by atoms with Crippen molar-refractivity contribution in [2.75, 3.05) is 25.2 Å². The van der Waals surface area contributed by atoms with Crippen molar-refractivity contribution in [2.45, 2.75) is 25.8 Å². The van der Waals surface area contributed by atoms with Crippen LogP contribution in [0.4, 0.5) is 5.13 Å². The van der Waals surface area contributed by atoms with Crippen molar-refractivity contribution >= 4 is 34.0 Å².